The predicted molar refractivity (Wildman–Crippen MR) is 98.3 cm³/mol. The molecule has 3 rings (SSSR count). The number of halogens is 2. The van der Waals surface area contributed by atoms with E-state index in [-0.39, 0.29) is 5.69 Å². The molecule has 0 spiro atoms. The molecule has 1 heterocycles. The number of nitrogens with one attached hydrogen (secondary N) is 1. The Balaban J connectivity index is 1.89. The highest BCUT2D eigenvalue weighted by atomic mass is 79.9. The van der Waals surface area contributed by atoms with Gasteiger partial charge in [-0.25, -0.2) is 9.69 Å². The summed E-state index contributed by atoms with van der Waals surface area (Å²) >= 11 is 9.23. The Morgan fingerprint density at radius 3 is 2.52 bits per heavy atom. The van der Waals surface area contributed by atoms with Crippen molar-refractivity contribution in [3.63, 3.8) is 0 Å². The molecule has 1 saturated heterocycles. The molecule has 2 aromatic rings. The van der Waals surface area contributed by atoms with Crippen molar-refractivity contribution >= 4 is 63.0 Å². The van der Waals surface area contributed by atoms with Gasteiger partial charge in [-0.15, -0.1) is 0 Å². The minimum Gasteiger partial charge on any atom is -0.276 e. The summed E-state index contributed by atoms with van der Waals surface area (Å²) in [7, 11) is 0. The van der Waals surface area contributed by atoms with Gasteiger partial charge in [-0.1, -0.05) is 33.6 Å². The molecule has 25 heavy (non-hydrogen) atoms. The topological polar surface area (TPSA) is 78.8 Å². The lowest BCUT2D eigenvalue weighted by atomic mass is 10.1. The number of imide groups is 2. The molecule has 1 N–H and O–H groups in total. The summed E-state index contributed by atoms with van der Waals surface area (Å²) in [5, 5.41) is 2.53. The largest absolute Gasteiger partial charge is 0.335 e. The maximum absolute atomic E-state index is 12.6. The predicted octanol–water partition coefficient (Wildman–Crippen LogP) is 3.70. The lowest BCUT2D eigenvalue weighted by Gasteiger charge is -2.28. The first-order valence-electron chi connectivity index (χ1n) is 7.20. The molecule has 0 radical (unpaired) electrons. The van der Waals surface area contributed by atoms with E-state index in [0.717, 1.165) is 9.37 Å². The molecule has 1 atom stereocenters. The number of benzene rings is 2. The second kappa shape index (κ2) is 7.16. The second-order valence-corrected chi connectivity index (χ2v) is 6.53. The van der Waals surface area contributed by atoms with Crippen LogP contribution in [0.2, 0.25) is 5.02 Å². The summed E-state index contributed by atoms with van der Waals surface area (Å²) in [6, 6.07) is 12.5. The summed E-state index contributed by atoms with van der Waals surface area (Å²) in [4.78, 5) is 41.8. The van der Waals surface area contributed by atoms with E-state index in [0.29, 0.717) is 10.7 Å². The maximum Gasteiger partial charge on any atom is 0.335 e. The Bertz CT molecular complexity index is 883. The Hall–Kier alpha value is -2.51. The quantitative estimate of drug-likeness (QED) is 0.607. The highest BCUT2D eigenvalue weighted by molar-refractivity contribution is 9.10. The van der Waals surface area contributed by atoms with E-state index < -0.39 is 23.8 Å². The zero-order valence-corrected chi connectivity index (χ0v) is 15.0. The molecule has 2 aromatic carbocycles. The number of amides is 4. The third-order valence-corrected chi connectivity index (χ3v) is 4.23. The molecule has 1 unspecified atom stereocenters. The second-order valence-electron chi connectivity index (χ2n) is 5.18. The fourth-order valence-electron chi connectivity index (χ4n) is 2.27. The third-order valence-electron chi connectivity index (χ3n) is 3.47. The number of carbonyl (C=O) groups excluding carboxylic acids is 3. The summed E-state index contributed by atoms with van der Waals surface area (Å²) in [6.07, 6.45) is 1.23. The summed E-state index contributed by atoms with van der Waals surface area (Å²) in [6.45, 7) is 0. The van der Waals surface area contributed by atoms with E-state index in [1.165, 1.54) is 12.3 Å². The highest BCUT2D eigenvalue weighted by Gasteiger charge is 2.40. The summed E-state index contributed by atoms with van der Waals surface area (Å²) < 4.78 is 0.885. The van der Waals surface area contributed by atoms with Gasteiger partial charge in [0.1, 0.15) is 0 Å². The number of barbiturate groups is 1. The Morgan fingerprint density at radius 2 is 1.84 bits per heavy atom. The molecule has 4 amide bonds. The van der Waals surface area contributed by atoms with Crippen LogP contribution in [-0.2, 0) is 9.59 Å². The fraction of sp³-hybridized carbons (Fsp3) is 0.0588. The molecule has 0 bridgehead atoms. The maximum atomic E-state index is 12.6. The van der Waals surface area contributed by atoms with Gasteiger partial charge in [0.2, 0.25) is 5.91 Å². The van der Waals surface area contributed by atoms with Crippen LogP contribution in [0.3, 0.4) is 0 Å². The molecule has 1 aliphatic rings. The van der Waals surface area contributed by atoms with E-state index in [1.807, 2.05) is 0 Å². The van der Waals surface area contributed by atoms with Gasteiger partial charge >= 0.3 is 6.03 Å². The molecule has 126 valence electrons. The first-order chi connectivity index (χ1) is 12.0. The molecule has 1 fully saturated rings. The molecule has 1 aliphatic heterocycles. The lowest BCUT2D eigenvalue weighted by molar-refractivity contribution is -0.131. The fourth-order valence-corrected chi connectivity index (χ4v) is 2.72. The van der Waals surface area contributed by atoms with Crippen molar-refractivity contribution in [2.45, 2.75) is 0 Å². The molecular weight excluding hydrogens is 410 g/mol. The van der Waals surface area contributed by atoms with Gasteiger partial charge in [-0.2, -0.15) is 0 Å². The van der Waals surface area contributed by atoms with Gasteiger partial charge in [-0.3, -0.25) is 19.9 Å². The summed E-state index contributed by atoms with van der Waals surface area (Å²) in [5.74, 6) is -2.61. The number of anilines is 1. The number of rotatable bonds is 3. The van der Waals surface area contributed by atoms with E-state index in [9.17, 15) is 14.4 Å². The number of hydrogen-bond acceptors (Lipinski definition) is 4. The minimum absolute atomic E-state index is 0.282. The summed E-state index contributed by atoms with van der Waals surface area (Å²) in [5.41, 5.74) is 0.861. The van der Waals surface area contributed by atoms with E-state index in [2.05, 4.69) is 26.2 Å². The van der Waals surface area contributed by atoms with Crippen molar-refractivity contribution < 1.29 is 14.4 Å². The van der Waals surface area contributed by atoms with Crippen LogP contribution >= 0.6 is 27.5 Å². The van der Waals surface area contributed by atoms with Gasteiger partial charge in [0.05, 0.1) is 11.4 Å². The van der Waals surface area contributed by atoms with E-state index in [1.54, 1.807) is 42.5 Å². The minimum atomic E-state index is -1.21. The molecular formula is C17H11BrClN3O3. The average Bonchev–Trinajstić information content (AvgIpc) is 2.56. The van der Waals surface area contributed by atoms with Crippen LogP contribution in [-0.4, -0.2) is 24.1 Å². The van der Waals surface area contributed by atoms with Gasteiger partial charge in [0.25, 0.3) is 5.91 Å². The third kappa shape index (κ3) is 3.78. The van der Waals surface area contributed by atoms with E-state index >= 15 is 0 Å². The van der Waals surface area contributed by atoms with Crippen molar-refractivity contribution in [1.29, 1.82) is 0 Å². The number of hydrogen-bond donors (Lipinski definition) is 1. The van der Waals surface area contributed by atoms with Gasteiger partial charge in [0, 0.05) is 15.7 Å². The van der Waals surface area contributed by atoms with Crippen molar-refractivity contribution in [3.05, 3.63) is 58.0 Å². The monoisotopic (exact) mass is 419 g/mol. The van der Waals surface area contributed by atoms with Crippen LogP contribution in [0, 0.1) is 5.92 Å². The number of nitrogens with zero attached hydrogens (tertiary/aromatic N) is 2. The lowest BCUT2D eigenvalue weighted by Crippen LogP contribution is -2.58. The molecule has 0 aromatic heterocycles. The van der Waals surface area contributed by atoms with Crippen LogP contribution < -0.4 is 10.2 Å². The smallest absolute Gasteiger partial charge is 0.276 e. The van der Waals surface area contributed by atoms with Crippen molar-refractivity contribution in [3.8, 4) is 0 Å². The van der Waals surface area contributed by atoms with Gasteiger partial charge in [0.15, 0.2) is 5.92 Å². The number of carbonyl (C=O) groups is 3. The van der Waals surface area contributed by atoms with Crippen LogP contribution in [0.15, 0.2) is 58.0 Å². The van der Waals surface area contributed by atoms with Crippen LogP contribution in [0.4, 0.5) is 16.2 Å². The molecule has 0 aliphatic carbocycles. The van der Waals surface area contributed by atoms with Crippen LogP contribution in [0.25, 0.3) is 0 Å². The van der Waals surface area contributed by atoms with Crippen molar-refractivity contribution in [2.75, 3.05) is 4.90 Å². The van der Waals surface area contributed by atoms with Crippen LogP contribution in [0.5, 0.6) is 0 Å². The van der Waals surface area contributed by atoms with E-state index in [4.69, 9.17) is 11.6 Å². The normalized spacial score (nSPS) is 17.9. The van der Waals surface area contributed by atoms with Crippen molar-refractivity contribution in [1.82, 2.24) is 5.32 Å². The van der Waals surface area contributed by atoms with Crippen LogP contribution in [0.1, 0.15) is 0 Å². The number of aliphatic imine (C=N–C) groups is 1. The SMILES string of the molecule is O=C1NC(=O)N(c2cccc(Cl)c2)C(=O)C1C=Nc1ccc(Br)cc1. The Morgan fingerprint density at radius 1 is 1.12 bits per heavy atom. The molecule has 8 heteroatoms. The average molecular weight is 421 g/mol. The van der Waals surface area contributed by atoms with Gasteiger partial charge in [-0.05, 0) is 42.5 Å². The van der Waals surface area contributed by atoms with Crippen molar-refractivity contribution in [2.24, 2.45) is 10.9 Å². The standard InChI is InChI=1S/C17H11BrClN3O3/c18-10-4-6-12(7-5-10)20-9-14-15(23)21-17(25)22(16(14)24)13-3-1-2-11(19)8-13/h1-9,14H,(H,21,23,25). The number of urea groups is 1. The zero-order valence-electron chi connectivity index (χ0n) is 12.6. The Kier molecular flexibility index (Phi) is 4.96. The first-order valence-corrected chi connectivity index (χ1v) is 8.37. The molecule has 0 saturated carbocycles. The highest BCUT2D eigenvalue weighted by Crippen LogP contribution is 2.24. The van der Waals surface area contributed by atoms with Gasteiger partial charge < -0.3 is 0 Å². The first kappa shape index (κ1) is 17.3. The zero-order chi connectivity index (χ0) is 18.0. The molecule has 6 nitrogen and oxygen atoms in total. The Labute approximate surface area is 156 Å².